The maximum atomic E-state index is 12.7. The predicted octanol–water partition coefficient (Wildman–Crippen LogP) is 0.684. The molecule has 0 amide bonds. The van der Waals surface area contributed by atoms with Crippen LogP contribution in [0.25, 0.3) is 5.65 Å². The molecular weight excluding hydrogens is 366 g/mol. The van der Waals surface area contributed by atoms with Crippen molar-refractivity contribution in [2.75, 3.05) is 31.1 Å². The van der Waals surface area contributed by atoms with Gasteiger partial charge in [0.05, 0.1) is 4.90 Å². The molecule has 3 heterocycles. The Kier molecular flexibility index (Phi) is 4.02. The quantitative estimate of drug-likeness (QED) is 0.660. The number of sulfonamides is 1. The van der Waals surface area contributed by atoms with E-state index < -0.39 is 10.0 Å². The molecule has 2 aromatic heterocycles. The summed E-state index contributed by atoms with van der Waals surface area (Å²) in [5.74, 6) is 0.708. The van der Waals surface area contributed by atoms with Crippen LogP contribution >= 0.6 is 11.6 Å². The Labute approximate surface area is 148 Å². The number of hydrogen-bond donors (Lipinski definition) is 0. The van der Waals surface area contributed by atoms with E-state index >= 15 is 0 Å². The third-order valence-electron chi connectivity index (χ3n) is 4.05. The Morgan fingerprint density at radius 2 is 1.84 bits per heavy atom. The standard InChI is InChI=1S/C14H14ClN7O2S/c15-11-2-1-3-12(10-11)25(23,24)21-8-6-20(7-9-21)14-5-4-13-16-18-19-22(13)17-14/h1-5,10H,6-9H2. The van der Waals surface area contributed by atoms with E-state index in [1.807, 2.05) is 11.0 Å². The van der Waals surface area contributed by atoms with Crippen LogP contribution in [0.3, 0.4) is 0 Å². The van der Waals surface area contributed by atoms with E-state index in [4.69, 9.17) is 11.6 Å². The van der Waals surface area contributed by atoms with Gasteiger partial charge in [-0.15, -0.1) is 14.8 Å². The van der Waals surface area contributed by atoms with Crippen LogP contribution in [0.2, 0.25) is 5.02 Å². The van der Waals surface area contributed by atoms with Crippen LogP contribution < -0.4 is 4.90 Å². The van der Waals surface area contributed by atoms with E-state index in [9.17, 15) is 8.42 Å². The van der Waals surface area contributed by atoms with Gasteiger partial charge < -0.3 is 4.90 Å². The number of rotatable bonds is 3. The average Bonchev–Trinajstić information content (AvgIpc) is 3.09. The molecule has 0 bridgehead atoms. The molecule has 11 heteroatoms. The Morgan fingerprint density at radius 1 is 1.04 bits per heavy atom. The van der Waals surface area contributed by atoms with Crippen LogP contribution in [0.5, 0.6) is 0 Å². The molecule has 1 fully saturated rings. The van der Waals surface area contributed by atoms with Crippen molar-refractivity contribution in [2.45, 2.75) is 4.90 Å². The number of benzene rings is 1. The number of tetrazole rings is 1. The molecule has 0 aliphatic carbocycles. The van der Waals surface area contributed by atoms with Gasteiger partial charge in [-0.25, -0.2) is 8.42 Å². The second-order valence-electron chi connectivity index (χ2n) is 5.57. The Bertz CT molecular complexity index is 1010. The molecule has 4 rings (SSSR count). The van der Waals surface area contributed by atoms with Crippen LogP contribution in [0.1, 0.15) is 0 Å². The molecule has 0 N–H and O–H groups in total. The van der Waals surface area contributed by atoms with Crippen LogP contribution in [0, 0.1) is 0 Å². The minimum absolute atomic E-state index is 0.210. The molecule has 9 nitrogen and oxygen atoms in total. The molecule has 25 heavy (non-hydrogen) atoms. The molecular formula is C14H14ClN7O2S. The highest BCUT2D eigenvalue weighted by Crippen LogP contribution is 2.22. The summed E-state index contributed by atoms with van der Waals surface area (Å²) in [7, 11) is -3.55. The van der Waals surface area contributed by atoms with Crippen molar-refractivity contribution in [1.29, 1.82) is 0 Å². The molecule has 3 aromatic rings. The smallest absolute Gasteiger partial charge is 0.243 e. The van der Waals surface area contributed by atoms with Gasteiger partial charge in [0, 0.05) is 31.2 Å². The summed E-state index contributed by atoms with van der Waals surface area (Å²) in [4.78, 5) is 2.21. The summed E-state index contributed by atoms with van der Waals surface area (Å²) < 4.78 is 28.3. The van der Waals surface area contributed by atoms with Gasteiger partial charge in [-0.05, 0) is 40.8 Å². The van der Waals surface area contributed by atoms with E-state index in [1.54, 1.807) is 24.3 Å². The van der Waals surface area contributed by atoms with Gasteiger partial charge in [0.1, 0.15) is 0 Å². The third-order valence-corrected chi connectivity index (χ3v) is 6.18. The fourth-order valence-corrected chi connectivity index (χ4v) is 4.47. The van der Waals surface area contributed by atoms with Gasteiger partial charge >= 0.3 is 0 Å². The second kappa shape index (κ2) is 6.21. The fourth-order valence-electron chi connectivity index (χ4n) is 2.74. The van der Waals surface area contributed by atoms with Crippen molar-refractivity contribution in [3.8, 4) is 0 Å². The van der Waals surface area contributed by atoms with E-state index in [1.165, 1.54) is 15.0 Å². The molecule has 0 spiro atoms. The molecule has 0 atom stereocenters. The molecule has 0 unspecified atom stereocenters. The molecule has 1 aliphatic rings. The molecule has 0 saturated carbocycles. The lowest BCUT2D eigenvalue weighted by molar-refractivity contribution is 0.383. The highest BCUT2D eigenvalue weighted by atomic mass is 35.5. The zero-order valence-corrected chi connectivity index (χ0v) is 14.6. The lowest BCUT2D eigenvalue weighted by Crippen LogP contribution is -2.49. The first-order valence-electron chi connectivity index (χ1n) is 7.60. The third kappa shape index (κ3) is 3.03. The minimum Gasteiger partial charge on any atom is -0.352 e. The Morgan fingerprint density at radius 3 is 2.60 bits per heavy atom. The largest absolute Gasteiger partial charge is 0.352 e. The maximum absolute atomic E-state index is 12.7. The van der Waals surface area contributed by atoms with Crippen molar-refractivity contribution in [2.24, 2.45) is 0 Å². The van der Waals surface area contributed by atoms with Gasteiger partial charge in [0.15, 0.2) is 11.5 Å². The highest BCUT2D eigenvalue weighted by Gasteiger charge is 2.29. The first-order chi connectivity index (χ1) is 12.0. The van der Waals surface area contributed by atoms with Crippen LogP contribution in [0.15, 0.2) is 41.3 Å². The van der Waals surface area contributed by atoms with E-state index in [-0.39, 0.29) is 4.90 Å². The SMILES string of the molecule is O=S(=O)(c1cccc(Cl)c1)N1CCN(c2ccc3nnnn3n2)CC1. The topological polar surface area (TPSA) is 96.6 Å². The number of piperazine rings is 1. The van der Waals surface area contributed by atoms with Crippen LogP contribution in [-0.2, 0) is 10.0 Å². The maximum Gasteiger partial charge on any atom is 0.243 e. The summed E-state index contributed by atoms with van der Waals surface area (Å²) >= 11 is 5.91. The normalized spacial score (nSPS) is 16.4. The first kappa shape index (κ1) is 16.2. The molecule has 0 radical (unpaired) electrons. The number of halogens is 1. The van der Waals surface area contributed by atoms with E-state index in [2.05, 4.69) is 20.6 Å². The van der Waals surface area contributed by atoms with Crippen molar-refractivity contribution in [1.82, 2.24) is 29.6 Å². The number of aromatic nitrogens is 5. The average molecular weight is 380 g/mol. The lowest BCUT2D eigenvalue weighted by Gasteiger charge is -2.34. The molecule has 1 saturated heterocycles. The number of fused-ring (bicyclic) bond motifs is 1. The van der Waals surface area contributed by atoms with Crippen molar-refractivity contribution < 1.29 is 8.42 Å². The molecule has 130 valence electrons. The lowest BCUT2D eigenvalue weighted by atomic mass is 10.3. The van der Waals surface area contributed by atoms with Crippen molar-refractivity contribution in [3.05, 3.63) is 41.4 Å². The highest BCUT2D eigenvalue weighted by molar-refractivity contribution is 7.89. The zero-order valence-electron chi connectivity index (χ0n) is 13.0. The number of hydrogen-bond acceptors (Lipinski definition) is 7. The Balaban J connectivity index is 1.51. The van der Waals surface area contributed by atoms with Crippen molar-refractivity contribution in [3.63, 3.8) is 0 Å². The Hall–Kier alpha value is -2.30. The first-order valence-corrected chi connectivity index (χ1v) is 9.42. The van der Waals surface area contributed by atoms with Gasteiger partial charge in [-0.3, -0.25) is 0 Å². The van der Waals surface area contributed by atoms with Gasteiger partial charge in [-0.1, -0.05) is 17.7 Å². The van der Waals surface area contributed by atoms with E-state index in [0.717, 1.165) is 0 Å². The van der Waals surface area contributed by atoms with Gasteiger partial charge in [-0.2, -0.15) is 4.31 Å². The summed E-state index contributed by atoms with van der Waals surface area (Å²) in [6.45, 7) is 1.79. The molecule has 1 aromatic carbocycles. The summed E-state index contributed by atoms with van der Waals surface area (Å²) in [5, 5.41) is 15.9. The van der Waals surface area contributed by atoms with Crippen LogP contribution in [0.4, 0.5) is 5.82 Å². The second-order valence-corrected chi connectivity index (χ2v) is 7.94. The van der Waals surface area contributed by atoms with Gasteiger partial charge in [0.2, 0.25) is 10.0 Å². The van der Waals surface area contributed by atoms with E-state index in [0.29, 0.717) is 42.7 Å². The monoisotopic (exact) mass is 379 g/mol. The summed E-state index contributed by atoms with van der Waals surface area (Å²) in [5.41, 5.74) is 0.561. The fraction of sp³-hybridized carbons (Fsp3) is 0.286. The van der Waals surface area contributed by atoms with Crippen LogP contribution in [-0.4, -0.2) is 64.2 Å². The number of nitrogens with zero attached hydrogens (tertiary/aromatic N) is 7. The number of anilines is 1. The summed E-state index contributed by atoms with van der Waals surface area (Å²) in [6, 6.07) is 9.91. The molecule has 1 aliphatic heterocycles. The minimum atomic E-state index is -3.55. The summed E-state index contributed by atoms with van der Waals surface area (Å²) in [6.07, 6.45) is 0. The van der Waals surface area contributed by atoms with Crippen molar-refractivity contribution >= 4 is 33.1 Å². The predicted molar refractivity (Wildman–Crippen MR) is 91.0 cm³/mol. The zero-order chi connectivity index (χ0) is 17.4. The van der Waals surface area contributed by atoms with Gasteiger partial charge in [0.25, 0.3) is 0 Å².